The van der Waals surface area contributed by atoms with E-state index < -0.39 is 0 Å². The summed E-state index contributed by atoms with van der Waals surface area (Å²) in [5, 5.41) is 3.41. The van der Waals surface area contributed by atoms with Crippen LogP contribution in [0.3, 0.4) is 0 Å². The fourth-order valence-electron chi connectivity index (χ4n) is 2.14. The van der Waals surface area contributed by atoms with Gasteiger partial charge in [-0.05, 0) is 38.9 Å². The van der Waals surface area contributed by atoms with Gasteiger partial charge in [0.15, 0.2) is 0 Å². The van der Waals surface area contributed by atoms with Gasteiger partial charge in [-0.15, -0.1) is 12.4 Å². The van der Waals surface area contributed by atoms with E-state index in [9.17, 15) is 0 Å². The number of hydrogen-bond donors (Lipinski definition) is 1. The third-order valence-corrected chi connectivity index (χ3v) is 2.92. The van der Waals surface area contributed by atoms with Gasteiger partial charge in [0.05, 0.1) is 6.61 Å². The van der Waals surface area contributed by atoms with Crippen LogP contribution < -0.4 is 5.32 Å². The van der Waals surface area contributed by atoms with E-state index in [2.05, 4.69) is 17.1 Å². The zero-order valence-corrected chi connectivity index (χ0v) is 10.8. The summed E-state index contributed by atoms with van der Waals surface area (Å²) in [6.07, 6.45) is 3.83. The second-order valence-electron chi connectivity index (χ2n) is 4.01. The minimum Gasteiger partial charge on any atom is -0.383 e. The molecule has 1 saturated heterocycles. The zero-order valence-electron chi connectivity index (χ0n) is 10.00. The first-order valence-corrected chi connectivity index (χ1v) is 5.82. The summed E-state index contributed by atoms with van der Waals surface area (Å²) in [7, 11) is 1.78. The molecule has 92 valence electrons. The predicted molar refractivity (Wildman–Crippen MR) is 66.9 cm³/mol. The average molecular weight is 237 g/mol. The molecule has 4 heteroatoms. The van der Waals surface area contributed by atoms with Gasteiger partial charge >= 0.3 is 0 Å². The summed E-state index contributed by atoms with van der Waals surface area (Å²) in [5.74, 6) is 0. The lowest BCUT2D eigenvalue weighted by atomic mass is 10.0. The van der Waals surface area contributed by atoms with Gasteiger partial charge in [0, 0.05) is 19.7 Å². The van der Waals surface area contributed by atoms with Crippen molar-refractivity contribution < 1.29 is 4.74 Å². The van der Waals surface area contributed by atoms with Crippen LogP contribution in [-0.4, -0.2) is 50.8 Å². The second-order valence-corrected chi connectivity index (χ2v) is 4.01. The maximum absolute atomic E-state index is 5.15. The molecule has 0 aromatic heterocycles. The molecule has 0 spiro atoms. The standard InChI is InChI=1S/C11H24N2O.ClH/c1-3-8-13(9-10-14-2)11-4-6-12-7-5-11;/h11-12H,3-10H2,1-2H3;1H. The molecule has 0 aromatic carbocycles. The van der Waals surface area contributed by atoms with Crippen molar-refractivity contribution in [3.63, 3.8) is 0 Å². The molecule has 1 fully saturated rings. The number of nitrogens with zero attached hydrogens (tertiary/aromatic N) is 1. The SMILES string of the molecule is CCCN(CCOC)C1CCNCC1.Cl. The van der Waals surface area contributed by atoms with Crippen molar-refractivity contribution in [2.75, 3.05) is 39.9 Å². The monoisotopic (exact) mass is 236 g/mol. The van der Waals surface area contributed by atoms with E-state index >= 15 is 0 Å². The van der Waals surface area contributed by atoms with E-state index in [0.29, 0.717) is 0 Å². The summed E-state index contributed by atoms with van der Waals surface area (Å²) in [6, 6.07) is 0.784. The number of piperidine rings is 1. The summed E-state index contributed by atoms with van der Waals surface area (Å²) in [5.41, 5.74) is 0. The van der Waals surface area contributed by atoms with Gasteiger partial charge in [-0.1, -0.05) is 6.92 Å². The van der Waals surface area contributed by atoms with Gasteiger partial charge in [0.25, 0.3) is 0 Å². The summed E-state index contributed by atoms with van der Waals surface area (Å²) in [6.45, 7) is 7.78. The lowest BCUT2D eigenvalue weighted by Gasteiger charge is -2.34. The van der Waals surface area contributed by atoms with Gasteiger partial charge in [-0.3, -0.25) is 4.90 Å². The van der Waals surface area contributed by atoms with Crippen molar-refractivity contribution in [3.8, 4) is 0 Å². The van der Waals surface area contributed by atoms with Crippen LogP contribution in [0.2, 0.25) is 0 Å². The van der Waals surface area contributed by atoms with E-state index in [4.69, 9.17) is 4.74 Å². The molecule has 0 aromatic rings. The summed E-state index contributed by atoms with van der Waals surface area (Å²) >= 11 is 0. The Kier molecular flexibility index (Phi) is 9.51. The third kappa shape index (κ3) is 5.71. The first kappa shape index (κ1) is 15.2. The van der Waals surface area contributed by atoms with Gasteiger partial charge in [-0.25, -0.2) is 0 Å². The number of halogens is 1. The first-order valence-electron chi connectivity index (χ1n) is 5.82. The minimum atomic E-state index is 0. The minimum absolute atomic E-state index is 0. The Balaban J connectivity index is 0.00000196. The van der Waals surface area contributed by atoms with E-state index in [1.165, 1.54) is 38.9 Å². The van der Waals surface area contributed by atoms with E-state index in [0.717, 1.165) is 19.2 Å². The van der Waals surface area contributed by atoms with Crippen molar-refractivity contribution >= 4 is 12.4 Å². The fourth-order valence-corrected chi connectivity index (χ4v) is 2.14. The Hall–Kier alpha value is 0.170. The van der Waals surface area contributed by atoms with Crippen LogP contribution in [0, 0.1) is 0 Å². The third-order valence-electron chi connectivity index (χ3n) is 2.92. The Bertz CT molecular complexity index is 141. The molecule has 0 aliphatic carbocycles. The molecular weight excluding hydrogens is 212 g/mol. The molecule has 1 rings (SSSR count). The van der Waals surface area contributed by atoms with Crippen LogP contribution in [0.25, 0.3) is 0 Å². The van der Waals surface area contributed by atoms with Crippen molar-refractivity contribution in [1.29, 1.82) is 0 Å². The number of hydrogen-bond acceptors (Lipinski definition) is 3. The highest BCUT2D eigenvalue weighted by Crippen LogP contribution is 2.11. The highest BCUT2D eigenvalue weighted by atomic mass is 35.5. The lowest BCUT2D eigenvalue weighted by Crippen LogP contribution is -2.44. The van der Waals surface area contributed by atoms with Crippen LogP contribution in [0.4, 0.5) is 0 Å². The van der Waals surface area contributed by atoms with E-state index in [1.807, 2.05) is 0 Å². The van der Waals surface area contributed by atoms with Crippen LogP contribution in [0.15, 0.2) is 0 Å². The second kappa shape index (κ2) is 9.40. The van der Waals surface area contributed by atoms with Crippen LogP contribution in [0.1, 0.15) is 26.2 Å². The maximum Gasteiger partial charge on any atom is 0.0589 e. The maximum atomic E-state index is 5.15. The highest BCUT2D eigenvalue weighted by Gasteiger charge is 2.19. The highest BCUT2D eigenvalue weighted by molar-refractivity contribution is 5.85. The van der Waals surface area contributed by atoms with Crippen molar-refractivity contribution in [1.82, 2.24) is 10.2 Å². The summed E-state index contributed by atoms with van der Waals surface area (Å²) < 4.78 is 5.15. The number of ether oxygens (including phenoxy) is 1. The van der Waals surface area contributed by atoms with Crippen LogP contribution in [-0.2, 0) is 4.74 Å². The Morgan fingerprint density at radius 3 is 2.47 bits per heavy atom. The lowest BCUT2D eigenvalue weighted by molar-refractivity contribution is 0.105. The topological polar surface area (TPSA) is 24.5 Å². The smallest absolute Gasteiger partial charge is 0.0589 e. The largest absolute Gasteiger partial charge is 0.383 e. The molecule has 0 radical (unpaired) electrons. The predicted octanol–water partition coefficient (Wildman–Crippen LogP) is 1.52. The Labute approximate surface area is 100.0 Å². The fraction of sp³-hybridized carbons (Fsp3) is 1.00. The quantitative estimate of drug-likeness (QED) is 0.757. The molecule has 0 saturated carbocycles. The van der Waals surface area contributed by atoms with Gasteiger partial charge < -0.3 is 10.1 Å². The van der Waals surface area contributed by atoms with Gasteiger partial charge in [0.2, 0.25) is 0 Å². The van der Waals surface area contributed by atoms with Gasteiger partial charge in [-0.2, -0.15) is 0 Å². The zero-order chi connectivity index (χ0) is 10.2. The molecule has 1 N–H and O–H groups in total. The van der Waals surface area contributed by atoms with Crippen LogP contribution >= 0.6 is 12.4 Å². The molecule has 3 nitrogen and oxygen atoms in total. The molecule has 15 heavy (non-hydrogen) atoms. The first-order chi connectivity index (χ1) is 6.88. The van der Waals surface area contributed by atoms with Crippen molar-refractivity contribution in [2.45, 2.75) is 32.2 Å². The molecular formula is C11H25ClN2O. The molecule has 1 aliphatic heterocycles. The molecule has 1 heterocycles. The number of nitrogens with one attached hydrogen (secondary N) is 1. The Morgan fingerprint density at radius 2 is 1.93 bits per heavy atom. The summed E-state index contributed by atoms with van der Waals surface area (Å²) in [4.78, 5) is 2.59. The van der Waals surface area contributed by atoms with E-state index in [-0.39, 0.29) is 12.4 Å². The van der Waals surface area contributed by atoms with Gasteiger partial charge in [0.1, 0.15) is 0 Å². The molecule has 0 atom stereocenters. The molecule has 0 bridgehead atoms. The van der Waals surface area contributed by atoms with Crippen molar-refractivity contribution in [2.24, 2.45) is 0 Å². The van der Waals surface area contributed by atoms with Crippen LogP contribution in [0.5, 0.6) is 0 Å². The Morgan fingerprint density at radius 1 is 1.27 bits per heavy atom. The molecule has 0 unspecified atom stereocenters. The van der Waals surface area contributed by atoms with E-state index in [1.54, 1.807) is 7.11 Å². The van der Waals surface area contributed by atoms with Crippen molar-refractivity contribution in [3.05, 3.63) is 0 Å². The number of rotatable bonds is 6. The molecule has 1 aliphatic rings. The average Bonchev–Trinajstić information content (AvgIpc) is 2.25. The molecule has 0 amide bonds. The normalized spacial score (nSPS) is 17.8. The number of methoxy groups -OCH3 is 1.